The number of aryl methyl sites for hydroxylation is 1. The fourth-order valence-corrected chi connectivity index (χ4v) is 4.91. The van der Waals surface area contributed by atoms with Crippen LogP contribution in [0.2, 0.25) is 0 Å². The van der Waals surface area contributed by atoms with Gasteiger partial charge in [0.25, 0.3) is 16.8 Å². The van der Waals surface area contributed by atoms with E-state index in [1.165, 1.54) is 18.2 Å². The smallest absolute Gasteiger partial charge is 0.293 e. The molecule has 0 spiro atoms. The minimum Gasteiger partial charge on any atom is -0.454 e. The number of fused-ring (bicyclic) bond motifs is 1. The van der Waals surface area contributed by atoms with Crippen LogP contribution in [-0.2, 0) is 11.3 Å². The topological polar surface area (TPSA) is 104 Å². The number of nitrogens with zero attached hydrogens (tertiary/aromatic N) is 3. The number of amides is 2. The maximum absolute atomic E-state index is 13.0. The molecule has 0 atom stereocenters. The number of nitro benzene ring substituents is 1. The lowest BCUT2D eigenvalue weighted by Gasteiger charge is -2.12. The third-order valence-corrected chi connectivity index (χ3v) is 6.61. The van der Waals surface area contributed by atoms with E-state index in [2.05, 4.69) is 0 Å². The number of aromatic nitrogens is 1. The molecule has 1 saturated heterocycles. The summed E-state index contributed by atoms with van der Waals surface area (Å²) < 4.78 is 12.9. The summed E-state index contributed by atoms with van der Waals surface area (Å²) in [6.45, 7) is 4.07. The summed E-state index contributed by atoms with van der Waals surface area (Å²) in [7, 11) is 0. The zero-order valence-corrected chi connectivity index (χ0v) is 19.1. The summed E-state index contributed by atoms with van der Waals surface area (Å²) in [6, 6.07) is 13.6. The van der Waals surface area contributed by atoms with Gasteiger partial charge in [-0.05, 0) is 61.0 Å². The Kier molecular flexibility index (Phi) is 5.37. The lowest BCUT2D eigenvalue weighted by atomic mass is 10.2. The number of rotatable bonds is 5. The molecule has 0 bridgehead atoms. The Bertz CT molecular complexity index is 1390. The molecule has 0 aliphatic carbocycles. The number of imide groups is 1. The van der Waals surface area contributed by atoms with E-state index in [0.29, 0.717) is 22.0 Å². The van der Waals surface area contributed by atoms with E-state index in [0.717, 1.165) is 39.3 Å². The molecule has 172 valence electrons. The van der Waals surface area contributed by atoms with Crippen LogP contribution in [0.3, 0.4) is 0 Å². The van der Waals surface area contributed by atoms with Gasteiger partial charge < -0.3 is 14.0 Å². The number of carbonyl (C=O) groups excluding carboxylic acids is 2. The van der Waals surface area contributed by atoms with Crippen molar-refractivity contribution in [1.29, 1.82) is 0 Å². The van der Waals surface area contributed by atoms with Crippen LogP contribution < -0.4 is 9.47 Å². The number of benzene rings is 2. The van der Waals surface area contributed by atoms with Crippen molar-refractivity contribution in [2.24, 2.45) is 0 Å². The fraction of sp³-hybridized carbons (Fsp3) is 0.167. The second kappa shape index (κ2) is 8.38. The highest BCUT2D eigenvalue weighted by Crippen LogP contribution is 2.37. The molecule has 0 unspecified atom stereocenters. The van der Waals surface area contributed by atoms with Gasteiger partial charge >= 0.3 is 0 Å². The first-order valence-electron chi connectivity index (χ1n) is 10.4. The first kappa shape index (κ1) is 21.8. The predicted octanol–water partition coefficient (Wildman–Crippen LogP) is 4.97. The van der Waals surface area contributed by atoms with E-state index in [9.17, 15) is 19.7 Å². The van der Waals surface area contributed by atoms with Crippen molar-refractivity contribution in [2.45, 2.75) is 20.4 Å². The zero-order valence-electron chi connectivity index (χ0n) is 18.3. The molecule has 2 aliphatic heterocycles. The van der Waals surface area contributed by atoms with E-state index in [-0.39, 0.29) is 19.0 Å². The van der Waals surface area contributed by atoms with Gasteiger partial charge in [-0.1, -0.05) is 12.1 Å². The summed E-state index contributed by atoms with van der Waals surface area (Å²) in [4.78, 5) is 37.5. The molecule has 3 heterocycles. The van der Waals surface area contributed by atoms with Crippen LogP contribution in [0.25, 0.3) is 11.8 Å². The molecular formula is C24H19N3O6S. The van der Waals surface area contributed by atoms with Crippen LogP contribution in [0.15, 0.2) is 53.4 Å². The highest BCUT2D eigenvalue weighted by Gasteiger charge is 2.35. The monoisotopic (exact) mass is 477 g/mol. The van der Waals surface area contributed by atoms with Crippen molar-refractivity contribution in [3.05, 3.63) is 86.1 Å². The first-order chi connectivity index (χ1) is 16.3. The lowest BCUT2D eigenvalue weighted by molar-refractivity contribution is -0.384. The molecule has 2 amide bonds. The van der Waals surface area contributed by atoms with Gasteiger partial charge in [0.15, 0.2) is 11.5 Å². The number of carbonyl (C=O) groups is 2. The van der Waals surface area contributed by atoms with Gasteiger partial charge in [0.1, 0.15) is 0 Å². The molecule has 2 aliphatic rings. The molecule has 3 aromatic rings. The molecule has 34 heavy (non-hydrogen) atoms. The number of hydrogen-bond acceptors (Lipinski definition) is 7. The van der Waals surface area contributed by atoms with Crippen LogP contribution in [0.5, 0.6) is 11.5 Å². The first-order valence-corrected chi connectivity index (χ1v) is 11.2. The molecule has 1 fully saturated rings. The van der Waals surface area contributed by atoms with Gasteiger partial charge in [-0.25, -0.2) is 0 Å². The molecule has 0 radical (unpaired) electrons. The van der Waals surface area contributed by atoms with Gasteiger partial charge in [0.05, 0.1) is 16.4 Å². The van der Waals surface area contributed by atoms with Crippen molar-refractivity contribution in [1.82, 2.24) is 9.47 Å². The second-order valence-electron chi connectivity index (χ2n) is 7.89. The van der Waals surface area contributed by atoms with Crippen molar-refractivity contribution in [2.75, 3.05) is 6.79 Å². The Morgan fingerprint density at radius 2 is 1.88 bits per heavy atom. The number of non-ortho nitro benzene ring substituents is 1. The van der Waals surface area contributed by atoms with E-state index in [1.54, 1.807) is 12.1 Å². The predicted molar refractivity (Wildman–Crippen MR) is 126 cm³/mol. The summed E-state index contributed by atoms with van der Waals surface area (Å²) in [5.41, 5.74) is 4.00. The lowest BCUT2D eigenvalue weighted by Crippen LogP contribution is -2.27. The summed E-state index contributed by atoms with van der Waals surface area (Å²) >= 11 is 0.861. The van der Waals surface area contributed by atoms with Gasteiger partial charge in [-0.2, -0.15) is 0 Å². The van der Waals surface area contributed by atoms with E-state index in [1.807, 2.05) is 42.7 Å². The molecule has 9 nitrogen and oxygen atoms in total. The summed E-state index contributed by atoms with van der Waals surface area (Å²) in [6.07, 6.45) is 1.71. The van der Waals surface area contributed by atoms with E-state index < -0.39 is 16.1 Å². The number of thioether (sulfide) groups is 1. The Balaban J connectivity index is 1.42. The average Bonchev–Trinajstić information content (AvgIpc) is 3.46. The SMILES string of the molecule is Cc1cc(/C=C2/SC(=O)N(Cc3cccc([N+](=O)[O-])c3)C2=O)c(C)n1-c1ccc2c(c1)OCO2. The van der Waals surface area contributed by atoms with Crippen molar-refractivity contribution >= 4 is 34.7 Å². The van der Waals surface area contributed by atoms with Crippen molar-refractivity contribution in [3.8, 4) is 17.2 Å². The summed E-state index contributed by atoms with van der Waals surface area (Å²) in [5.74, 6) is 0.951. The van der Waals surface area contributed by atoms with E-state index in [4.69, 9.17) is 9.47 Å². The second-order valence-corrected chi connectivity index (χ2v) is 8.89. The van der Waals surface area contributed by atoms with Crippen LogP contribution in [-0.4, -0.2) is 32.3 Å². The molecule has 0 N–H and O–H groups in total. The largest absolute Gasteiger partial charge is 0.454 e. The number of hydrogen-bond donors (Lipinski definition) is 0. The highest BCUT2D eigenvalue weighted by molar-refractivity contribution is 8.18. The standard InChI is InChI=1S/C24H19N3O6S/c1-14-8-17(15(2)26(14)18-6-7-20-21(11-18)33-13-32-20)10-22-23(28)25(24(29)34-22)12-16-4-3-5-19(9-16)27(30)31/h3-11H,12-13H2,1-2H3/b22-10+. The quantitative estimate of drug-likeness (QED) is 0.290. The molecular weight excluding hydrogens is 458 g/mol. The van der Waals surface area contributed by atoms with Gasteiger partial charge in [-0.3, -0.25) is 24.6 Å². The van der Waals surface area contributed by atoms with E-state index >= 15 is 0 Å². The molecule has 5 rings (SSSR count). The van der Waals surface area contributed by atoms with Crippen molar-refractivity contribution in [3.63, 3.8) is 0 Å². The van der Waals surface area contributed by atoms with Crippen LogP contribution >= 0.6 is 11.8 Å². The van der Waals surface area contributed by atoms with Crippen LogP contribution in [0.1, 0.15) is 22.5 Å². The number of ether oxygens (including phenoxy) is 2. The fourth-order valence-electron chi connectivity index (χ4n) is 4.08. The third-order valence-electron chi connectivity index (χ3n) is 5.71. The van der Waals surface area contributed by atoms with Gasteiger partial charge in [0.2, 0.25) is 6.79 Å². The highest BCUT2D eigenvalue weighted by atomic mass is 32.2. The maximum Gasteiger partial charge on any atom is 0.293 e. The Hall–Kier alpha value is -4.05. The minimum absolute atomic E-state index is 0.0279. The Morgan fingerprint density at radius 3 is 2.68 bits per heavy atom. The number of nitro groups is 1. The Morgan fingerprint density at radius 1 is 1.09 bits per heavy atom. The normalized spacial score (nSPS) is 16.1. The van der Waals surface area contributed by atoms with Crippen molar-refractivity contribution < 1.29 is 24.0 Å². The van der Waals surface area contributed by atoms with Gasteiger partial charge in [-0.15, -0.1) is 0 Å². The molecule has 0 saturated carbocycles. The average molecular weight is 477 g/mol. The zero-order chi connectivity index (χ0) is 24.0. The van der Waals surface area contributed by atoms with Gasteiger partial charge in [0, 0.05) is 35.3 Å². The van der Waals surface area contributed by atoms with Crippen LogP contribution in [0, 0.1) is 24.0 Å². The Labute approximate surface area is 198 Å². The maximum atomic E-state index is 13.0. The molecule has 2 aromatic carbocycles. The molecule has 1 aromatic heterocycles. The summed E-state index contributed by atoms with van der Waals surface area (Å²) in [5, 5.41) is 10.6. The minimum atomic E-state index is -0.507. The third kappa shape index (κ3) is 3.81. The molecule has 10 heteroatoms. The van der Waals surface area contributed by atoms with Crippen LogP contribution in [0.4, 0.5) is 10.5 Å².